The van der Waals surface area contributed by atoms with Crippen LogP contribution < -0.4 is 16.3 Å². The highest BCUT2D eigenvalue weighted by Gasteiger charge is 2.03. The Labute approximate surface area is 108 Å². The zero-order valence-electron chi connectivity index (χ0n) is 11.1. The number of anilines is 1. The van der Waals surface area contributed by atoms with Crippen molar-refractivity contribution in [2.24, 2.45) is 4.99 Å². The molecule has 1 aromatic carbocycles. The number of rotatable bonds is 3. The molecule has 0 saturated carbocycles. The van der Waals surface area contributed by atoms with Crippen LogP contribution in [0.1, 0.15) is 32.3 Å². The van der Waals surface area contributed by atoms with Crippen molar-refractivity contribution in [3.05, 3.63) is 52.2 Å². The van der Waals surface area contributed by atoms with Crippen LogP contribution in [-0.2, 0) is 6.42 Å². The predicted molar refractivity (Wildman–Crippen MR) is 77.6 cm³/mol. The molecular formula is C16H20N2. The molecule has 0 fully saturated rings. The van der Waals surface area contributed by atoms with E-state index in [-0.39, 0.29) is 0 Å². The van der Waals surface area contributed by atoms with Gasteiger partial charge in [-0.3, -0.25) is 4.99 Å². The molecule has 0 aliphatic carbocycles. The van der Waals surface area contributed by atoms with Gasteiger partial charge in [-0.1, -0.05) is 43.4 Å². The van der Waals surface area contributed by atoms with Crippen molar-refractivity contribution in [3.63, 3.8) is 0 Å². The van der Waals surface area contributed by atoms with Crippen molar-refractivity contribution in [2.45, 2.75) is 33.1 Å². The average molecular weight is 240 g/mol. The third kappa shape index (κ3) is 2.70. The maximum Gasteiger partial charge on any atom is 0.0934 e. The molecule has 2 N–H and O–H groups in total. The number of nitrogens with zero attached hydrogens (tertiary/aromatic N) is 1. The van der Waals surface area contributed by atoms with E-state index in [0.29, 0.717) is 0 Å². The van der Waals surface area contributed by atoms with E-state index in [0.717, 1.165) is 46.8 Å². The van der Waals surface area contributed by atoms with E-state index in [4.69, 9.17) is 5.73 Å². The van der Waals surface area contributed by atoms with Gasteiger partial charge in [-0.05, 0) is 37.0 Å². The van der Waals surface area contributed by atoms with Crippen LogP contribution in [0.25, 0.3) is 6.08 Å². The van der Waals surface area contributed by atoms with Crippen molar-refractivity contribution in [1.82, 2.24) is 0 Å². The van der Waals surface area contributed by atoms with E-state index < -0.39 is 0 Å². The monoisotopic (exact) mass is 240 g/mol. The van der Waals surface area contributed by atoms with Gasteiger partial charge in [0.15, 0.2) is 0 Å². The predicted octanol–water partition coefficient (Wildman–Crippen LogP) is 2.49. The Hall–Kier alpha value is -1.83. The zero-order valence-corrected chi connectivity index (χ0v) is 11.1. The first kappa shape index (κ1) is 12.6. The molecule has 0 unspecified atom stereocenters. The fourth-order valence-electron chi connectivity index (χ4n) is 2.09. The van der Waals surface area contributed by atoms with Crippen LogP contribution in [-0.4, -0.2) is 0 Å². The molecule has 2 nitrogen and oxygen atoms in total. The number of nitrogen functional groups attached to an aromatic ring is 1. The Bertz CT molecular complexity index is 607. The lowest BCUT2D eigenvalue weighted by Gasteiger charge is -2.04. The van der Waals surface area contributed by atoms with Gasteiger partial charge in [0.1, 0.15) is 0 Å². The highest BCUT2D eigenvalue weighted by molar-refractivity contribution is 5.50. The van der Waals surface area contributed by atoms with Crippen molar-refractivity contribution in [3.8, 4) is 0 Å². The Balaban J connectivity index is 2.50. The second-order valence-corrected chi connectivity index (χ2v) is 4.56. The van der Waals surface area contributed by atoms with Gasteiger partial charge in [-0.2, -0.15) is 0 Å². The number of nitrogens with two attached hydrogens (primary N) is 1. The van der Waals surface area contributed by atoms with Gasteiger partial charge in [0.25, 0.3) is 0 Å². The molecule has 2 rings (SSSR count). The van der Waals surface area contributed by atoms with Gasteiger partial charge in [0, 0.05) is 5.70 Å². The summed E-state index contributed by atoms with van der Waals surface area (Å²) in [5, 5.41) is 2.08. The first-order chi connectivity index (χ1) is 8.72. The lowest BCUT2D eigenvalue weighted by molar-refractivity contribution is 1.15. The molecule has 0 radical (unpaired) electrons. The summed E-state index contributed by atoms with van der Waals surface area (Å²) in [4.78, 5) is 4.61. The van der Waals surface area contributed by atoms with Crippen LogP contribution in [0.2, 0.25) is 0 Å². The summed E-state index contributed by atoms with van der Waals surface area (Å²) in [6.07, 6.45) is 11.5. The van der Waals surface area contributed by atoms with E-state index in [1.165, 1.54) is 0 Å². The molecule has 1 aromatic rings. The van der Waals surface area contributed by atoms with Crippen molar-refractivity contribution >= 4 is 11.8 Å². The normalized spacial score (nSPS) is 14.4. The number of fused-ring (bicyclic) bond motifs is 1. The smallest absolute Gasteiger partial charge is 0.0934 e. The fourth-order valence-corrected chi connectivity index (χ4v) is 2.09. The van der Waals surface area contributed by atoms with Crippen LogP contribution in [0.4, 0.5) is 5.69 Å². The number of hydrogen-bond acceptors (Lipinski definition) is 2. The van der Waals surface area contributed by atoms with E-state index in [9.17, 15) is 0 Å². The summed E-state index contributed by atoms with van der Waals surface area (Å²) in [5.41, 5.74) is 9.26. The summed E-state index contributed by atoms with van der Waals surface area (Å²) in [6, 6.07) is 4.23. The largest absolute Gasteiger partial charge is 0.397 e. The molecule has 2 heteroatoms. The molecule has 0 saturated heterocycles. The Morgan fingerprint density at radius 3 is 2.89 bits per heavy atom. The molecule has 1 aliphatic heterocycles. The minimum Gasteiger partial charge on any atom is -0.397 e. The second-order valence-electron chi connectivity index (χ2n) is 4.56. The molecule has 18 heavy (non-hydrogen) atoms. The molecule has 0 amide bonds. The molecule has 0 atom stereocenters. The lowest BCUT2D eigenvalue weighted by atomic mass is 10.1. The Kier molecular flexibility index (Phi) is 3.98. The fraction of sp³-hybridized carbons (Fsp3) is 0.312. The van der Waals surface area contributed by atoms with Crippen LogP contribution in [0.15, 0.2) is 41.1 Å². The number of benzene rings is 1. The van der Waals surface area contributed by atoms with Crippen LogP contribution >= 0.6 is 0 Å². The molecule has 0 bridgehead atoms. The topological polar surface area (TPSA) is 38.4 Å². The molecule has 1 heterocycles. The van der Waals surface area contributed by atoms with Crippen LogP contribution in [0.3, 0.4) is 0 Å². The Morgan fingerprint density at radius 1 is 1.28 bits per heavy atom. The van der Waals surface area contributed by atoms with E-state index >= 15 is 0 Å². The van der Waals surface area contributed by atoms with Gasteiger partial charge in [0.05, 0.1) is 11.0 Å². The Morgan fingerprint density at radius 2 is 2.11 bits per heavy atom. The standard InChI is InChI=1S/C16H20N2/c1-3-4-5-8-13-10-11-14-9-6-7-12(2)18-16(14)15(13)17/h4-5,7,9-11H,3,6,8,17H2,1-2H3/b5-4-. The maximum absolute atomic E-state index is 6.24. The third-order valence-electron chi connectivity index (χ3n) is 3.12. The molecule has 94 valence electrons. The van der Waals surface area contributed by atoms with Crippen molar-refractivity contribution in [1.29, 1.82) is 0 Å². The molecule has 1 aliphatic rings. The summed E-state index contributed by atoms with van der Waals surface area (Å²) in [6.45, 7) is 4.15. The summed E-state index contributed by atoms with van der Waals surface area (Å²) >= 11 is 0. The average Bonchev–Trinajstić information content (AvgIpc) is 2.54. The third-order valence-corrected chi connectivity index (χ3v) is 3.12. The second kappa shape index (κ2) is 5.67. The van der Waals surface area contributed by atoms with E-state index in [1.807, 2.05) is 6.92 Å². The maximum atomic E-state index is 6.24. The lowest BCUT2D eigenvalue weighted by Crippen LogP contribution is -2.29. The minimum atomic E-state index is 0.819. The first-order valence-corrected chi connectivity index (χ1v) is 6.50. The van der Waals surface area contributed by atoms with Crippen molar-refractivity contribution < 1.29 is 0 Å². The zero-order chi connectivity index (χ0) is 13.0. The van der Waals surface area contributed by atoms with Crippen molar-refractivity contribution in [2.75, 3.05) is 5.73 Å². The van der Waals surface area contributed by atoms with Gasteiger partial charge < -0.3 is 5.73 Å². The van der Waals surface area contributed by atoms with Gasteiger partial charge >= 0.3 is 0 Å². The quantitative estimate of drug-likeness (QED) is 0.640. The summed E-state index contributed by atoms with van der Waals surface area (Å²) in [7, 11) is 0. The van der Waals surface area contributed by atoms with Gasteiger partial charge in [0.2, 0.25) is 0 Å². The highest BCUT2D eigenvalue weighted by atomic mass is 14.8. The number of allylic oxidation sites excluding steroid dienone is 4. The SMILES string of the molecule is CC/C=C\Cc1ccc2c(c1N)=NC(C)=CCC=2. The summed E-state index contributed by atoms with van der Waals surface area (Å²) in [5.74, 6) is 0. The van der Waals surface area contributed by atoms with Crippen LogP contribution in [0.5, 0.6) is 0 Å². The molecule has 0 aromatic heterocycles. The van der Waals surface area contributed by atoms with Crippen LogP contribution in [0, 0.1) is 0 Å². The minimum absolute atomic E-state index is 0.819. The molecular weight excluding hydrogens is 220 g/mol. The highest BCUT2D eigenvalue weighted by Crippen LogP contribution is 2.08. The van der Waals surface area contributed by atoms with E-state index in [2.05, 4.69) is 48.4 Å². The molecule has 0 spiro atoms. The first-order valence-electron chi connectivity index (χ1n) is 6.50. The number of hydrogen-bond donors (Lipinski definition) is 1. The summed E-state index contributed by atoms with van der Waals surface area (Å²) < 4.78 is 0. The van der Waals surface area contributed by atoms with E-state index in [1.54, 1.807) is 0 Å². The van der Waals surface area contributed by atoms with Gasteiger partial charge in [-0.25, -0.2) is 0 Å². The van der Waals surface area contributed by atoms with Gasteiger partial charge in [-0.15, -0.1) is 0 Å².